The number of hydrogen-bond donors (Lipinski definition) is 2. The van der Waals surface area contributed by atoms with Gasteiger partial charge in [0.25, 0.3) is 0 Å². The highest BCUT2D eigenvalue weighted by Gasteiger charge is 2.27. The van der Waals surface area contributed by atoms with Gasteiger partial charge in [0.1, 0.15) is 5.75 Å². The summed E-state index contributed by atoms with van der Waals surface area (Å²) >= 11 is 0. The summed E-state index contributed by atoms with van der Waals surface area (Å²) in [6, 6.07) is 7.73. The zero-order valence-corrected chi connectivity index (χ0v) is 13.8. The Labute approximate surface area is 137 Å². The Morgan fingerprint density at radius 3 is 2.70 bits per heavy atom. The molecule has 0 aromatic heterocycles. The number of carbonyl (C=O) groups is 2. The molecule has 0 aliphatic carbocycles. The Kier molecular flexibility index (Phi) is 6.40. The maximum Gasteiger partial charge on any atom is 0.321 e. The van der Waals surface area contributed by atoms with E-state index in [0.717, 1.165) is 31.6 Å². The van der Waals surface area contributed by atoms with Crippen LogP contribution in [-0.4, -0.2) is 43.6 Å². The summed E-state index contributed by atoms with van der Waals surface area (Å²) in [5, 5.41) is 5.02. The minimum atomic E-state index is -0.419. The van der Waals surface area contributed by atoms with Gasteiger partial charge < -0.3 is 10.1 Å². The van der Waals surface area contributed by atoms with Crippen molar-refractivity contribution in [1.82, 2.24) is 15.5 Å². The van der Waals surface area contributed by atoms with Crippen molar-refractivity contribution < 1.29 is 14.3 Å². The molecule has 1 aromatic carbocycles. The highest BCUT2D eigenvalue weighted by atomic mass is 16.5. The number of nitrogens with zero attached hydrogens (tertiary/aromatic N) is 1. The molecule has 0 radical (unpaired) electrons. The van der Waals surface area contributed by atoms with Gasteiger partial charge in [0, 0.05) is 12.6 Å². The van der Waals surface area contributed by atoms with Crippen LogP contribution in [0.5, 0.6) is 5.75 Å². The van der Waals surface area contributed by atoms with Gasteiger partial charge in [-0.3, -0.25) is 15.0 Å². The van der Waals surface area contributed by atoms with Gasteiger partial charge in [0.2, 0.25) is 5.91 Å². The first kappa shape index (κ1) is 17.3. The normalized spacial score (nSPS) is 17.7. The molecule has 0 saturated carbocycles. The van der Waals surface area contributed by atoms with Crippen LogP contribution < -0.4 is 15.4 Å². The Balaban J connectivity index is 1.90. The van der Waals surface area contributed by atoms with Crippen molar-refractivity contribution in [2.45, 2.75) is 32.2 Å². The molecule has 2 N–H and O–H groups in total. The number of methoxy groups -OCH3 is 1. The number of benzene rings is 1. The van der Waals surface area contributed by atoms with E-state index in [1.807, 2.05) is 31.2 Å². The molecule has 3 amide bonds. The molecule has 126 valence electrons. The fourth-order valence-corrected chi connectivity index (χ4v) is 2.85. The van der Waals surface area contributed by atoms with Crippen LogP contribution in [0.3, 0.4) is 0 Å². The van der Waals surface area contributed by atoms with Gasteiger partial charge in [-0.1, -0.05) is 19.1 Å². The monoisotopic (exact) mass is 319 g/mol. The lowest BCUT2D eigenvalue weighted by Gasteiger charge is -2.24. The van der Waals surface area contributed by atoms with Crippen molar-refractivity contribution >= 4 is 11.9 Å². The second kappa shape index (κ2) is 8.53. The third-order valence-corrected chi connectivity index (χ3v) is 4.00. The van der Waals surface area contributed by atoms with Crippen molar-refractivity contribution in [3.63, 3.8) is 0 Å². The van der Waals surface area contributed by atoms with Gasteiger partial charge in [-0.2, -0.15) is 0 Å². The molecule has 6 heteroatoms. The number of nitrogens with one attached hydrogen (secondary N) is 2. The fourth-order valence-electron chi connectivity index (χ4n) is 2.85. The Morgan fingerprint density at radius 2 is 2.04 bits per heavy atom. The molecule has 1 aliphatic heterocycles. The molecule has 1 atom stereocenters. The largest absolute Gasteiger partial charge is 0.497 e. The minimum Gasteiger partial charge on any atom is -0.497 e. The van der Waals surface area contributed by atoms with Gasteiger partial charge in [0.15, 0.2) is 0 Å². The van der Waals surface area contributed by atoms with Crippen LogP contribution in [0.15, 0.2) is 24.3 Å². The molecule has 1 fully saturated rings. The molecule has 1 aromatic rings. The van der Waals surface area contributed by atoms with E-state index in [0.29, 0.717) is 6.54 Å². The second-order valence-electron chi connectivity index (χ2n) is 5.71. The summed E-state index contributed by atoms with van der Waals surface area (Å²) in [6.45, 7) is 3.63. The van der Waals surface area contributed by atoms with Gasteiger partial charge in [-0.15, -0.1) is 0 Å². The third kappa shape index (κ3) is 4.96. The Hall–Kier alpha value is -2.08. The maximum absolute atomic E-state index is 12.0. The van der Waals surface area contributed by atoms with Crippen molar-refractivity contribution in [3.8, 4) is 5.75 Å². The lowest BCUT2D eigenvalue weighted by Crippen LogP contribution is -2.44. The van der Waals surface area contributed by atoms with E-state index < -0.39 is 6.03 Å². The number of amides is 3. The number of likely N-dealkylation sites (tertiary alicyclic amines) is 1. The molecule has 0 bridgehead atoms. The third-order valence-electron chi connectivity index (χ3n) is 4.00. The first-order valence-electron chi connectivity index (χ1n) is 8.09. The summed E-state index contributed by atoms with van der Waals surface area (Å²) < 4.78 is 5.18. The molecule has 1 heterocycles. The van der Waals surface area contributed by atoms with Crippen LogP contribution in [0.25, 0.3) is 0 Å². The van der Waals surface area contributed by atoms with Gasteiger partial charge in [0.05, 0.1) is 13.7 Å². The minimum absolute atomic E-state index is 0.213. The molecular formula is C17H25N3O3. The summed E-state index contributed by atoms with van der Waals surface area (Å²) in [5.41, 5.74) is 1.17. The molecule has 1 saturated heterocycles. The molecule has 0 spiro atoms. The highest BCUT2D eigenvalue weighted by molar-refractivity contribution is 5.95. The summed E-state index contributed by atoms with van der Waals surface area (Å²) in [6.07, 6.45) is 2.90. The van der Waals surface area contributed by atoms with Crippen LogP contribution in [0.1, 0.15) is 37.8 Å². The summed E-state index contributed by atoms with van der Waals surface area (Å²) in [7, 11) is 1.64. The van der Waals surface area contributed by atoms with Crippen molar-refractivity contribution in [3.05, 3.63) is 29.8 Å². The molecule has 1 unspecified atom stereocenters. The van der Waals surface area contributed by atoms with Gasteiger partial charge >= 0.3 is 6.03 Å². The number of urea groups is 1. The van der Waals surface area contributed by atoms with E-state index in [1.54, 1.807) is 7.11 Å². The van der Waals surface area contributed by atoms with Crippen molar-refractivity contribution in [2.24, 2.45) is 0 Å². The number of imide groups is 1. The van der Waals surface area contributed by atoms with E-state index in [-0.39, 0.29) is 18.5 Å². The number of rotatable bonds is 6. The predicted octanol–water partition coefficient (Wildman–Crippen LogP) is 2.07. The quantitative estimate of drug-likeness (QED) is 0.842. The summed E-state index contributed by atoms with van der Waals surface area (Å²) in [4.78, 5) is 25.7. The molecular weight excluding hydrogens is 294 g/mol. The van der Waals surface area contributed by atoms with E-state index in [9.17, 15) is 9.59 Å². The first-order chi connectivity index (χ1) is 11.1. The van der Waals surface area contributed by atoms with Crippen molar-refractivity contribution in [2.75, 3.05) is 26.7 Å². The lowest BCUT2D eigenvalue weighted by molar-refractivity contribution is -0.121. The van der Waals surface area contributed by atoms with Crippen LogP contribution in [0.2, 0.25) is 0 Å². The molecule has 1 aliphatic rings. The smallest absolute Gasteiger partial charge is 0.321 e. The number of hydrogen-bond acceptors (Lipinski definition) is 4. The van der Waals surface area contributed by atoms with Crippen LogP contribution in [0.4, 0.5) is 4.79 Å². The molecule has 2 rings (SSSR count). The van der Waals surface area contributed by atoms with E-state index in [2.05, 4.69) is 15.5 Å². The first-order valence-corrected chi connectivity index (χ1v) is 8.09. The van der Waals surface area contributed by atoms with Crippen LogP contribution >= 0.6 is 0 Å². The lowest BCUT2D eigenvalue weighted by atomic mass is 10.0. The van der Waals surface area contributed by atoms with E-state index in [4.69, 9.17) is 4.74 Å². The Morgan fingerprint density at radius 1 is 1.30 bits per heavy atom. The molecule has 6 nitrogen and oxygen atoms in total. The van der Waals surface area contributed by atoms with Gasteiger partial charge in [-0.05, 0) is 43.5 Å². The Bertz CT molecular complexity index is 530. The average Bonchev–Trinajstić information content (AvgIpc) is 3.00. The molecule has 23 heavy (non-hydrogen) atoms. The van der Waals surface area contributed by atoms with Crippen molar-refractivity contribution in [1.29, 1.82) is 0 Å². The predicted molar refractivity (Wildman–Crippen MR) is 88.4 cm³/mol. The number of ether oxygens (including phenoxy) is 1. The zero-order valence-electron chi connectivity index (χ0n) is 13.8. The zero-order chi connectivity index (χ0) is 16.7. The average molecular weight is 319 g/mol. The second-order valence-corrected chi connectivity index (χ2v) is 5.71. The number of carbonyl (C=O) groups excluding carboxylic acids is 2. The van der Waals surface area contributed by atoms with Gasteiger partial charge in [-0.25, -0.2) is 4.79 Å². The summed E-state index contributed by atoms with van der Waals surface area (Å²) in [5.74, 6) is 0.558. The van der Waals surface area contributed by atoms with Crippen LogP contribution in [-0.2, 0) is 4.79 Å². The highest BCUT2D eigenvalue weighted by Crippen LogP contribution is 2.32. The van der Waals surface area contributed by atoms with E-state index in [1.165, 1.54) is 5.56 Å². The standard InChI is InChI=1S/C17H25N3O3/c1-3-10-18-17(22)19-16(21)12-20-11-4-5-15(20)13-6-8-14(23-2)9-7-13/h6-9,15H,3-5,10-12H2,1-2H3,(H2,18,19,21,22). The fraction of sp³-hybridized carbons (Fsp3) is 0.529. The van der Waals surface area contributed by atoms with Crippen LogP contribution in [0, 0.1) is 0 Å². The van der Waals surface area contributed by atoms with E-state index >= 15 is 0 Å². The maximum atomic E-state index is 12.0. The topological polar surface area (TPSA) is 70.7 Å². The SMILES string of the molecule is CCCNC(=O)NC(=O)CN1CCCC1c1ccc(OC)cc1.